The van der Waals surface area contributed by atoms with Gasteiger partial charge in [-0.1, -0.05) is 18.2 Å². The molecule has 0 aliphatic carbocycles. The number of ether oxygens (including phenoxy) is 1. The number of rotatable bonds is 6. The number of para-hydroxylation sites is 1. The largest absolute Gasteiger partial charge is 0.494 e. The summed E-state index contributed by atoms with van der Waals surface area (Å²) in [7, 11) is 0. The zero-order valence-corrected chi connectivity index (χ0v) is 14.5. The maximum absolute atomic E-state index is 12.7. The molecule has 0 atom stereocenters. The van der Waals surface area contributed by atoms with E-state index >= 15 is 0 Å². The summed E-state index contributed by atoms with van der Waals surface area (Å²) in [5.74, 6) is -0.167. The lowest BCUT2D eigenvalue weighted by atomic mass is 10.0. The Morgan fingerprint density at radius 2 is 2.00 bits per heavy atom. The smallest absolute Gasteiger partial charge is 0.271 e. The minimum absolute atomic E-state index is 0.105. The van der Waals surface area contributed by atoms with E-state index in [2.05, 4.69) is 0 Å². The van der Waals surface area contributed by atoms with Crippen LogP contribution >= 0.6 is 0 Å². The second kappa shape index (κ2) is 7.62. The van der Waals surface area contributed by atoms with Gasteiger partial charge in [-0.15, -0.1) is 0 Å². The second-order valence-corrected chi connectivity index (χ2v) is 5.81. The highest BCUT2D eigenvalue weighted by molar-refractivity contribution is 6.01. The summed E-state index contributed by atoms with van der Waals surface area (Å²) in [5, 5.41) is 19.9. The van der Waals surface area contributed by atoms with Crippen molar-refractivity contribution in [1.29, 1.82) is 5.26 Å². The Balaban J connectivity index is 1.99. The minimum atomic E-state index is -0.690. The van der Waals surface area contributed by atoms with E-state index in [9.17, 15) is 20.0 Å². The van der Waals surface area contributed by atoms with Gasteiger partial charge in [-0.2, -0.15) is 5.26 Å². The van der Waals surface area contributed by atoms with Crippen LogP contribution in [0.25, 0.3) is 0 Å². The maximum Gasteiger partial charge on any atom is 0.271 e. The van der Waals surface area contributed by atoms with Crippen molar-refractivity contribution in [1.82, 2.24) is 4.57 Å². The van der Waals surface area contributed by atoms with Crippen molar-refractivity contribution < 1.29 is 19.1 Å². The fourth-order valence-corrected chi connectivity index (χ4v) is 2.73. The Morgan fingerprint density at radius 1 is 1.26 bits per heavy atom. The standard InChI is InChI=1S/C20H16N2O5/c1-13-16(10-21)19(24)22(11-15-8-5-9-26-15)20(25)18(13)17(23)12-27-14-6-3-2-4-7-14/h2-9,25H,11-12H2,1H3. The number of furan rings is 1. The van der Waals surface area contributed by atoms with Gasteiger partial charge < -0.3 is 14.3 Å². The highest BCUT2D eigenvalue weighted by Gasteiger charge is 2.24. The van der Waals surface area contributed by atoms with Crippen LogP contribution in [0, 0.1) is 18.3 Å². The first-order chi connectivity index (χ1) is 13.0. The SMILES string of the molecule is Cc1c(C(=O)COc2ccccc2)c(O)n(Cc2ccco2)c(=O)c1C#N. The molecule has 7 heteroatoms. The number of ketones is 1. The summed E-state index contributed by atoms with van der Waals surface area (Å²) in [5.41, 5.74) is -0.891. The number of carbonyl (C=O) groups excluding carboxylic acids is 1. The van der Waals surface area contributed by atoms with Gasteiger partial charge >= 0.3 is 0 Å². The number of hydrogen-bond donors (Lipinski definition) is 1. The van der Waals surface area contributed by atoms with Crippen molar-refractivity contribution in [3.63, 3.8) is 0 Å². The number of benzene rings is 1. The molecular weight excluding hydrogens is 348 g/mol. The maximum atomic E-state index is 12.7. The van der Waals surface area contributed by atoms with Gasteiger partial charge in [-0.05, 0) is 36.8 Å². The first-order valence-electron chi connectivity index (χ1n) is 8.12. The lowest BCUT2D eigenvalue weighted by Gasteiger charge is -2.15. The summed E-state index contributed by atoms with van der Waals surface area (Å²) in [6, 6.07) is 13.8. The molecule has 1 aromatic carbocycles. The fourth-order valence-electron chi connectivity index (χ4n) is 2.73. The third-order valence-corrected chi connectivity index (χ3v) is 4.09. The van der Waals surface area contributed by atoms with Gasteiger partial charge in [0.2, 0.25) is 11.7 Å². The van der Waals surface area contributed by atoms with E-state index in [1.807, 2.05) is 12.1 Å². The predicted molar refractivity (Wildman–Crippen MR) is 95.9 cm³/mol. The summed E-state index contributed by atoms with van der Waals surface area (Å²) < 4.78 is 11.6. The van der Waals surface area contributed by atoms with Gasteiger partial charge in [0, 0.05) is 0 Å². The second-order valence-electron chi connectivity index (χ2n) is 5.81. The van der Waals surface area contributed by atoms with Gasteiger partial charge in [-0.25, -0.2) is 0 Å². The molecule has 3 rings (SSSR count). The van der Waals surface area contributed by atoms with Crippen molar-refractivity contribution in [3.05, 3.63) is 81.5 Å². The van der Waals surface area contributed by atoms with Crippen LogP contribution in [0.3, 0.4) is 0 Å². The topological polar surface area (TPSA) is 105 Å². The van der Waals surface area contributed by atoms with E-state index in [1.54, 1.807) is 36.4 Å². The van der Waals surface area contributed by atoms with E-state index < -0.39 is 17.2 Å². The van der Waals surface area contributed by atoms with Crippen molar-refractivity contribution >= 4 is 5.78 Å². The summed E-state index contributed by atoms with van der Waals surface area (Å²) >= 11 is 0. The van der Waals surface area contributed by atoms with Crippen molar-refractivity contribution in [3.8, 4) is 17.7 Å². The summed E-state index contributed by atoms with van der Waals surface area (Å²) in [6.45, 7) is 1.00. The molecule has 0 unspecified atom stereocenters. The van der Waals surface area contributed by atoms with Crippen LogP contribution in [-0.2, 0) is 6.54 Å². The van der Waals surface area contributed by atoms with E-state index in [0.717, 1.165) is 4.57 Å². The molecule has 0 amide bonds. The van der Waals surface area contributed by atoms with Gasteiger partial charge in [-0.3, -0.25) is 14.2 Å². The van der Waals surface area contributed by atoms with Gasteiger partial charge in [0.25, 0.3) is 5.56 Å². The molecule has 7 nitrogen and oxygen atoms in total. The summed E-state index contributed by atoms with van der Waals surface area (Å²) in [6.07, 6.45) is 1.43. The molecule has 1 N–H and O–H groups in total. The Labute approximate surface area is 154 Å². The van der Waals surface area contributed by atoms with Crippen LogP contribution < -0.4 is 10.3 Å². The lowest BCUT2D eigenvalue weighted by molar-refractivity contribution is 0.0916. The molecule has 0 aliphatic rings. The number of nitriles is 1. The van der Waals surface area contributed by atoms with Crippen LogP contribution in [0.4, 0.5) is 0 Å². The molecule has 2 aromatic heterocycles. The molecule has 0 fully saturated rings. The molecule has 136 valence electrons. The van der Waals surface area contributed by atoms with Crippen LogP contribution in [0.1, 0.15) is 27.2 Å². The third kappa shape index (κ3) is 3.60. The predicted octanol–water partition coefficient (Wildman–Crippen LogP) is 2.64. The molecule has 3 aromatic rings. The number of carbonyl (C=O) groups is 1. The molecule has 0 bridgehead atoms. The molecule has 0 spiro atoms. The molecule has 0 radical (unpaired) electrons. The number of Topliss-reactive ketones (excluding diaryl/α,β-unsaturated/α-hetero) is 1. The molecule has 27 heavy (non-hydrogen) atoms. The third-order valence-electron chi connectivity index (χ3n) is 4.09. The minimum Gasteiger partial charge on any atom is -0.494 e. The highest BCUT2D eigenvalue weighted by Crippen LogP contribution is 2.23. The molecular formula is C20H16N2O5. The normalized spacial score (nSPS) is 10.4. The molecule has 2 heterocycles. The zero-order valence-electron chi connectivity index (χ0n) is 14.5. The van der Waals surface area contributed by atoms with Crippen LogP contribution in [0.5, 0.6) is 11.6 Å². The number of nitrogens with zero attached hydrogens (tertiary/aromatic N) is 2. The number of pyridine rings is 1. The van der Waals surface area contributed by atoms with Gasteiger partial charge in [0.1, 0.15) is 23.1 Å². The summed E-state index contributed by atoms with van der Waals surface area (Å²) in [4.78, 5) is 25.2. The molecule has 0 aliphatic heterocycles. The van der Waals surface area contributed by atoms with Gasteiger partial charge in [0.15, 0.2) is 6.61 Å². The first-order valence-corrected chi connectivity index (χ1v) is 8.12. The Hall–Kier alpha value is -3.79. The Bertz CT molecular complexity index is 1060. The molecule has 0 saturated carbocycles. The fraction of sp³-hybridized carbons (Fsp3) is 0.150. The van der Waals surface area contributed by atoms with Crippen molar-refractivity contribution in [2.24, 2.45) is 0 Å². The van der Waals surface area contributed by atoms with E-state index in [0.29, 0.717) is 11.5 Å². The number of hydrogen-bond acceptors (Lipinski definition) is 6. The average molecular weight is 364 g/mol. The van der Waals surface area contributed by atoms with Crippen LogP contribution in [0.15, 0.2) is 57.9 Å². The Kier molecular flexibility index (Phi) is 5.08. The Morgan fingerprint density at radius 3 is 2.63 bits per heavy atom. The lowest BCUT2D eigenvalue weighted by Crippen LogP contribution is -2.28. The number of aromatic nitrogens is 1. The van der Waals surface area contributed by atoms with Crippen LogP contribution in [-0.4, -0.2) is 22.1 Å². The van der Waals surface area contributed by atoms with Crippen molar-refractivity contribution in [2.75, 3.05) is 6.61 Å². The van der Waals surface area contributed by atoms with Gasteiger partial charge in [0.05, 0.1) is 18.4 Å². The monoisotopic (exact) mass is 364 g/mol. The van der Waals surface area contributed by atoms with E-state index in [4.69, 9.17) is 9.15 Å². The quantitative estimate of drug-likeness (QED) is 0.674. The average Bonchev–Trinajstić information content (AvgIpc) is 3.18. The zero-order chi connectivity index (χ0) is 19.4. The highest BCUT2D eigenvalue weighted by atomic mass is 16.5. The van der Waals surface area contributed by atoms with Crippen molar-refractivity contribution in [2.45, 2.75) is 13.5 Å². The number of aromatic hydroxyl groups is 1. The van der Waals surface area contributed by atoms with Crippen LogP contribution in [0.2, 0.25) is 0 Å². The van der Waals surface area contributed by atoms with E-state index in [-0.39, 0.29) is 29.8 Å². The molecule has 0 saturated heterocycles. The first kappa shape index (κ1) is 18.0. The van der Waals surface area contributed by atoms with E-state index in [1.165, 1.54) is 13.2 Å².